The maximum Gasteiger partial charge on any atom is 0.225 e. The molecule has 0 aromatic carbocycles. The third kappa shape index (κ3) is 6.36. The number of ether oxygens (including phenoxy) is 1. The Morgan fingerprint density at radius 2 is 1.94 bits per heavy atom. The van der Waals surface area contributed by atoms with E-state index < -0.39 is 0 Å². The van der Waals surface area contributed by atoms with E-state index in [1.165, 1.54) is 32.1 Å². The summed E-state index contributed by atoms with van der Waals surface area (Å²) in [4.78, 5) is 24.0. The summed E-state index contributed by atoms with van der Waals surface area (Å²) in [5.41, 5.74) is 1.09. The average molecular weight is 442 g/mol. The normalized spacial score (nSPS) is 22.8. The molecule has 176 valence electrons. The van der Waals surface area contributed by atoms with Gasteiger partial charge < -0.3 is 20.3 Å². The first-order valence-electron chi connectivity index (χ1n) is 12.7. The molecule has 2 heterocycles. The Morgan fingerprint density at radius 3 is 2.72 bits per heavy atom. The molecule has 1 atom stereocenters. The summed E-state index contributed by atoms with van der Waals surface area (Å²) in [5, 5.41) is 6.89. The molecule has 1 unspecified atom stereocenters. The van der Waals surface area contributed by atoms with Crippen molar-refractivity contribution in [1.29, 1.82) is 0 Å². The summed E-state index contributed by atoms with van der Waals surface area (Å²) < 4.78 is 6.11. The number of hydrogen-bond donors (Lipinski definition) is 2. The van der Waals surface area contributed by atoms with Crippen LogP contribution in [0, 0.1) is 5.92 Å². The lowest BCUT2D eigenvalue weighted by Crippen LogP contribution is -2.45. The maximum absolute atomic E-state index is 12.7. The number of carbonyl (C=O) groups is 1. The molecule has 2 aliphatic carbocycles. The van der Waals surface area contributed by atoms with E-state index in [0.717, 1.165) is 63.3 Å². The summed E-state index contributed by atoms with van der Waals surface area (Å²) in [6, 6.07) is 4.26. The van der Waals surface area contributed by atoms with Gasteiger partial charge in [0.1, 0.15) is 6.10 Å². The van der Waals surface area contributed by atoms with E-state index >= 15 is 0 Å². The second kappa shape index (κ2) is 11.5. The largest absolute Gasteiger partial charge is 0.474 e. The van der Waals surface area contributed by atoms with E-state index in [4.69, 9.17) is 9.73 Å². The van der Waals surface area contributed by atoms with Crippen molar-refractivity contribution in [2.45, 2.75) is 89.8 Å². The highest BCUT2D eigenvalue weighted by molar-refractivity contribution is 5.81. The summed E-state index contributed by atoms with van der Waals surface area (Å²) >= 11 is 0. The first kappa shape index (κ1) is 22.9. The van der Waals surface area contributed by atoms with Gasteiger partial charge in [-0.15, -0.1) is 0 Å². The number of guanidine groups is 1. The summed E-state index contributed by atoms with van der Waals surface area (Å²) in [7, 11) is 0. The van der Waals surface area contributed by atoms with Crippen LogP contribution in [0.25, 0.3) is 0 Å². The summed E-state index contributed by atoms with van der Waals surface area (Å²) in [6.45, 7) is 5.06. The number of pyridine rings is 1. The van der Waals surface area contributed by atoms with E-state index in [2.05, 4.69) is 27.4 Å². The molecule has 1 aromatic rings. The number of nitrogens with one attached hydrogen (secondary N) is 2. The van der Waals surface area contributed by atoms with Crippen molar-refractivity contribution >= 4 is 11.9 Å². The fourth-order valence-corrected chi connectivity index (χ4v) is 5.16. The van der Waals surface area contributed by atoms with Crippen LogP contribution >= 0.6 is 0 Å². The topological polar surface area (TPSA) is 78.9 Å². The molecule has 2 saturated carbocycles. The number of aromatic nitrogens is 1. The minimum atomic E-state index is 0.251. The highest BCUT2D eigenvalue weighted by Gasteiger charge is 2.32. The predicted molar refractivity (Wildman–Crippen MR) is 127 cm³/mol. The second-order valence-electron chi connectivity index (χ2n) is 9.47. The van der Waals surface area contributed by atoms with Gasteiger partial charge in [-0.3, -0.25) is 4.79 Å². The third-order valence-electron chi connectivity index (χ3n) is 6.95. The Morgan fingerprint density at radius 1 is 1.16 bits per heavy atom. The van der Waals surface area contributed by atoms with Gasteiger partial charge in [-0.1, -0.05) is 19.3 Å². The van der Waals surface area contributed by atoms with Crippen LogP contribution in [0.5, 0.6) is 5.88 Å². The van der Waals surface area contributed by atoms with E-state index in [0.29, 0.717) is 24.4 Å². The fraction of sp³-hybridized carbons (Fsp3) is 0.720. The first-order chi connectivity index (χ1) is 15.7. The van der Waals surface area contributed by atoms with Crippen LogP contribution < -0.4 is 15.4 Å². The SMILES string of the molecule is CCNC(=NCc1ccnc(OC2CCCCC2)c1)NC1CCN(C(=O)C2CCCC2)C1. The van der Waals surface area contributed by atoms with Crippen LogP contribution in [-0.2, 0) is 11.3 Å². The summed E-state index contributed by atoms with van der Waals surface area (Å²) in [6.07, 6.45) is 13.7. The number of rotatable bonds is 7. The molecule has 1 aromatic heterocycles. The molecular weight excluding hydrogens is 402 g/mol. The van der Waals surface area contributed by atoms with Crippen LogP contribution in [0.15, 0.2) is 23.3 Å². The van der Waals surface area contributed by atoms with Gasteiger partial charge >= 0.3 is 0 Å². The van der Waals surface area contributed by atoms with Crippen molar-refractivity contribution in [2.24, 2.45) is 10.9 Å². The van der Waals surface area contributed by atoms with Crippen molar-refractivity contribution in [1.82, 2.24) is 20.5 Å². The van der Waals surface area contributed by atoms with Crippen LogP contribution in [0.4, 0.5) is 0 Å². The first-order valence-corrected chi connectivity index (χ1v) is 12.7. The molecule has 4 rings (SSSR count). The lowest BCUT2D eigenvalue weighted by molar-refractivity contribution is -0.134. The number of aliphatic imine (C=N–C) groups is 1. The van der Waals surface area contributed by atoms with Crippen molar-refractivity contribution in [3.05, 3.63) is 23.9 Å². The minimum Gasteiger partial charge on any atom is -0.474 e. The van der Waals surface area contributed by atoms with Crippen molar-refractivity contribution < 1.29 is 9.53 Å². The molecule has 3 aliphatic rings. The Hall–Kier alpha value is -2.31. The highest BCUT2D eigenvalue weighted by atomic mass is 16.5. The number of amides is 1. The lowest BCUT2D eigenvalue weighted by Gasteiger charge is -2.22. The molecule has 0 radical (unpaired) electrons. The van der Waals surface area contributed by atoms with E-state index in [1.807, 2.05) is 18.3 Å². The average Bonchev–Trinajstić information content (AvgIpc) is 3.51. The molecule has 0 bridgehead atoms. The number of hydrogen-bond acceptors (Lipinski definition) is 4. The van der Waals surface area contributed by atoms with E-state index in [1.54, 1.807) is 0 Å². The van der Waals surface area contributed by atoms with Crippen molar-refractivity contribution in [2.75, 3.05) is 19.6 Å². The third-order valence-corrected chi connectivity index (χ3v) is 6.95. The van der Waals surface area contributed by atoms with Gasteiger partial charge in [0.2, 0.25) is 11.8 Å². The smallest absolute Gasteiger partial charge is 0.225 e. The Labute approximate surface area is 192 Å². The molecule has 1 saturated heterocycles. The molecule has 7 heteroatoms. The highest BCUT2D eigenvalue weighted by Crippen LogP contribution is 2.28. The molecule has 1 amide bonds. The summed E-state index contributed by atoms with van der Waals surface area (Å²) in [5.74, 6) is 2.13. The molecule has 3 fully saturated rings. The van der Waals surface area contributed by atoms with Gasteiger partial charge in [0.25, 0.3) is 0 Å². The number of nitrogens with zero attached hydrogens (tertiary/aromatic N) is 3. The van der Waals surface area contributed by atoms with Gasteiger partial charge in [0.05, 0.1) is 6.54 Å². The van der Waals surface area contributed by atoms with E-state index in [-0.39, 0.29) is 12.0 Å². The van der Waals surface area contributed by atoms with Gasteiger partial charge in [-0.25, -0.2) is 9.98 Å². The monoisotopic (exact) mass is 441 g/mol. The molecule has 32 heavy (non-hydrogen) atoms. The zero-order valence-corrected chi connectivity index (χ0v) is 19.5. The fourth-order valence-electron chi connectivity index (χ4n) is 5.16. The van der Waals surface area contributed by atoms with Gasteiger partial charge in [0.15, 0.2) is 5.96 Å². The van der Waals surface area contributed by atoms with Crippen molar-refractivity contribution in [3.8, 4) is 5.88 Å². The van der Waals surface area contributed by atoms with Gasteiger partial charge in [-0.2, -0.15) is 0 Å². The van der Waals surface area contributed by atoms with Crippen LogP contribution in [0.1, 0.15) is 76.7 Å². The zero-order chi connectivity index (χ0) is 22.2. The van der Waals surface area contributed by atoms with Crippen LogP contribution in [-0.4, -0.2) is 53.5 Å². The molecular formula is C25H39N5O2. The lowest BCUT2D eigenvalue weighted by atomic mass is 9.98. The molecule has 1 aliphatic heterocycles. The predicted octanol–water partition coefficient (Wildman–Crippen LogP) is 3.64. The molecule has 2 N–H and O–H groups in total. The second-order valence-corrected chi connectivity index (χ2v) is 9.47. The standard InChI is InChI=1S/C25H39N5O2/c1-2-26-25(29-21-13-15-30(18-21)24(31)20-8-6-7-9-20)28-17-19-12-14-27-23(16-19)32-22-10-4-3-5-11-22/h12,14,16,20-22H,2-11,13,15,17-18H2,1H3,(H2,26,28,29). The van der Waals surface area contributed by atoms with Crippen LogP contribution in [0.3, 0.4) is 0 Å². The molecule has 7 nitrogen and oxygen atoms in total. The zero-order valence-electron chi connectivity index (χ0n) is 19.5. The molecule has 0 spiro atoms. The Kier molecular flexibility index (Phi) is 8.24. The maximum atomic E-state index is 12.7. The number of carbonyl (C=O) groups excluding carboxylic acids is 1. The minimum absolute atomic E-state index is 0.251. The van der Waals surface area contributed by atoms with Gasteiger partial charge in [0, 0.05) is 43.9 Å². The van der Waals surface area contributed by atoms with Crippen molar-refractivity contribution in [3.63, 3.8) is 0 Å². The Bertz CT molecular complexity index is 771. The quantitative estimate of drug-likeness (QED) is 0.499. The Balaban J connectivity index is 1.30. The van der Waals surface area contributed by atoms with Crippen LogP contribution in [0.2, 0.25) is 0 Å². The van der Waals surface area contributed by atoms with E-state index in [9.17, 15) is 4.79 Å². The number of likely N-dealkylation sites (tertiary alicyclic amines) is 1. The van der Waals surface area contributed by atoms with Gasteiger partial charge in [-0.05, 0) is 63.5 Å².